The van der Waals surface area contributed by atoms with Crippen molar-refractivity contribution in [2.24, 2.45) is 5.92 Å². The van der Waals surface area contributed by atoms with Crippen LogP contribution in [0.4, 0.5) is 11.4 Å². The number of carbonyl (C=O) groups excluding carboxylic acids is 2. The van der Waals surface area contributed by atoms with E-state index < -0.39 is 0 Å². The van der Waals surface area contributed by atoms with Gasteiger partial charge in [-0.25, -0.2) is 4.98 Å². The largest absolute Gasteiger partial charge is 0.326 e. The molecule has 6 heteroatoms. The number of thiazole rings is 1. The molecule has 2 aliphatic rings. The highest BCUT2D eigenvalue weighted by molar-refractivity contribution is 7.13. The average Bonchev–Trinajstić information content (AvgIpc) is 3.32. The van der Waals surface area contributed by atoms with E-state index in [1.54, 1.807) is 11.3 Å². The number of nitrogens with zero attached hydrogens (tertiary/aromatic N) is 2. The molecular formula is C23H21N3O2S. The molecular weight excluding hydrogens is 382 g/mol. The molecule has 1 saturated carbocycles. The van der Waals surface area contributed by atoms with Gasteiger partial charge in [-0.05, 0) is 43.5 Å². The van der Waals surface area contributed by atoms with E-state index >= 15 is 0 Å². The van der Waals surface area contributed by atoms with Crippen LogP contribution in [0, 0.1) is 5.92 Å². The maximum absolute atomic E-state index is 12.0. The van der Waals surface area contributed by atoms with E-state index in [-0.39, 0.29) is 17.7 Å². The monoisotopic (exact) mass is 403 g/mol. The molecule has 2 aromatic carbocycles. The van der Waals surface area contributed by atoms with Crippen LogP contribution in [0.1, 0.15) is 25.7 Å². The minimum Gasteiger partial charge on any atom is -0.326 e. The molecule has 29 heavy (non-hydrogen) atoms. The fourth-order valence-corrected chi connectivity index (χ4v) is 4.44. The molecule has 2 heterocycles. The first-order chi connectivity index (χ1) is 14.2. The molecule has 5 rings (SSSR count). The molecule has 5 nitrogen and oxygen atoms in total. The number of rotatable bonds is 5. The van der Waals surface area contributed by atoms with Gasteiger partial charge in [-0.3, -0.25) is 9.59 Å². The highest BCUT2D eigenvalue weighted by atomic mass is 32.1. The quantitative estimate of drug-likeness (QED) is 0.655. The first-order valence-corrected chi connectivity index (χ1v) is 10.8. The van der Waals surface area contributed by atoms with Crippen molar-refractivity contribution in [2.75, 3.05) is 16.8 Å². The summed E-state index contributed by atoms with van der Waals surface area (Å²) in [6.07, 6.45) is 3.52. The number of anilines is 2. The van der Waals surface area contributed by atoms with Crippen LogP contribution in [0.2, 0.25) is 0 Å². The molecule has 1 aliphatic heterocycles. The van der Waals surface area contributed by atoms with Crippen LogP contribution in [-0.4, -0.2) is 23.3 Å². The maximum atomic E-state index is 12.0. The molecule has 1 aliphatic carbocycles. The van der Waals surface area contributed by atoms with Crippen molar-refractivity contribution >= 4 is 34.5 Å². The van der Waals surface area contributed by atoms with Gasteiger partial charge < -0.3 is 10.2 Å². The van der Waals surface area contributed by atoms with Crippen LogP contribution < -0.4 is 10.2 Å². The lowest BCUT2D eigenvalue weighted by Crippen LogP contribution is -2.23. The molecule has 1 aromatic heterocycles. The molecule has 1 saturated heterocycles. The molecule has 0 bridgehead atoms. The van der Waals surface area contributed by atoms with Crippen LogP contribution in [0.25, 0.3) is 21.8 Å². The second kappa shape index (κ2) is 7.44. The third kappa shape index (κ3) is 3.80. The zero-order valence-corrected chi connectivity index (χ0v) is 16.7. The topological polar surface area (TPSA) is 62.3 Å². The summed E-state index contributed by atoms with van der Waals surface area (Å²) >= 11 is 1.58. The molecule has 0 radical (unpaired) electrons. The number of aromatic nitrogens is 1. The number of benzene rings is 2. The summed E-state index contributed by atoms with van der Waals surface area (Å²) in [4.78, 5) is 30.7. The van der Waals surface area contributed by atoms with Gasteiger partial charge >= 0.3 is 0 Å². The van der Waals surface area contributed by atoms with Crippen molar-refractivity contribution in [3.63, 3.8) is 0 Å². The van der Waals surface area contributed by atoms with Crippen molar-refractivity contribution in [2.45, 2.75) is 25.7 Å². The minimum atomic E-state index is 0.107. The van der Waals surface area contributed by atoms with Crippen molar-refractivity contribution in [3.8, 4) is 21.8 Å². The fraction of sp³-hybridized carbons (Fsp3) is 0.261. The molecule has 2 amide bonds. The highest BCUT2D eigenvalue weighted by Crippen LogP contribution is 2.33. The fourth-order valence-electron chi connectivity index (χ4n) is 3.61. The lowest BCUT2D eigenvalue weighted by molar-refractivity contribution is -0.118. The van der Waals surface area contributed by atoms with Gasteiger partial charge in [0.15, 0.2) is 0 Å². The first kappa shape index (κ1) is 18.1. The number of hydrogen-bond donors (Lipinski definition) is 1. The van der Waals surface area contributed by atoms with E-state index in [1.165, 1.54) is 0 Å². The Hall–Kier alpha value is -2.99. The summed E-state index contributed by atoms with van der Waals surface area (Å²) < 4.78 is 0. The molecule has 0 unspecified atom stereocenters. The smallest absolute Gasteiger partial charge is 0.227 e. The van der Waals surface area contributed by atoms with Crippen LogP contribution in [-0.2, 0) is 9.59 Å². The van der Waals surface area contributed by atoms with Crippen LogP contribution >= 0.6 is 11.3 Å². The van der Waals surface area contributed by atoms with Crippen LogP contribution in [0.3, 0.4) is 0 Å². The summed E-state index contributed by atoms with van der Waals surface area (Å²) in [6, 6.07) is 15.9. The predicted molar refractivity (Wildman–Crippen MR) is 116 cm³/mol. The number of amides is 2. The summed E-state index contributed by atoms with van der Waals surface area (Å²) in [6.45, 7) is 0.782. The van der Waals surface area contributed by atoms with E-state index in [2.05, 4.69) is 5.32 Å². The summed E-state index contributed by atoms with van der Waals surface area (Å²) in [5.41, 5.74) is 4.63. The molecule has 0 atom stereocenters. The molecule has 1 N–H and O–H groups in total. The van der Waals surface area contributed by atoms with Crippen molar-refractivity contribution in [1.29, 1.82) is 0 Å². The van der Waals surface area contributed by atoms with E-state index in [4.69, 9.17) is 4.98 Å². The maximum Gasteiger partial charge on any atom is 0.227 e. The molecule has 146 valence electrons. The van der Waals surface area contributed by atoms with Gasteiger partial charge in [0.2, 0.25) is 11.8 Å². The predicted octanol–water partition coefficient (Wildman–Crippen LogP) is 4.95. The number of nitrogens with one attached hydrogen (secondary N) is 1. The van der Waals surface area contributed by atoms with Crippen molar-refractivity contribution < 1.29 is 9.59 Å². The Balaban J connectivity index is 1.38. The van der Waals surface area contributed by atoms with Gasteiger partial charge in [-0.1, -0.05) is 24.3 Å². The van der Waals surface area contributed by atoms with Crippen molar-refractivity contribution in [3.05, 3.63) is 53.9 Å². The van der Waals surface area contributed by atoms with E-state index in [0.29, 0.717) is 6.42 Å². The summed E-state index contributed by atoms with van der Waals surface area (Å²) in [5, 5.41) is 5.94. The standard InChI is InChI=1S/C23H21N3O2S/c27-21-8-3-11-26(21)19-7-2-4-16(13-19)20-14-29-23(25-20)17-5-1-6-18(12-17)24-22(28)15-9-10-15/h1-2,4-7,12-15H,3,8-11H2,(H,24,28). The Morgan fingerprint density at radius 3 is 2.72 bits per heavy atom. The highest BCUT2D eigenvalue weighted by Gasteiger charge is 2.29. The van der Waals surface area contributed by atoms with Gasteiger partial charge in [0, 0.05) is 46.8 Å². The SMILES string of the molecule is O=C(Nc1cccc(-c2nc(-c3cccc(N4CCCC4=O)c3)cs2)c1)C1CC1. The molecule has 2 fully saturated rings. The Kier molecular flexibility index (Phi) is 4.64. The second-order valence-corrected chi connectivity index (χ2v) is 8.44. The average molecular weight is 404 g/mol. The Morgan fingerprint density at radius 1 is 1.10 bits per heavy atom. The zero-order chi connectivity index (χ0) is 19.8. The van der Waals surface area contributed by atoms with Gasteiger partial charge in [-0.15, -0.1) is 11.3 Å². The van der Waals surface area contributed by atoms with Crippen LogP contribution in [0.5, 0.6) is 0 Å². The summed E-state index contributed by atoms with van der Waals surface area (Å²) in [5.74, 6) is 0.473. The molecule has 3 aromatic rings. The van der Waals surface area contributed by atoms with Gasteiger partial charge in [-0.2, -0.15) is 0 Å². The van der Waals surface area contributed by atoms with E-state index in [9.17, 15) is 9.59 Å². The minimum absolute atomic E-state index is 0.107. The first-order valence-electron chi connectivity index (χ1n) is 9.95. The Labute approximate surface area is 173 Å². The van der Waals surface area contributed by atoms with Crippen LogP contribution in [0.15, 0.2) is 53.9 Å². The second-order valence-electron chi connectivity index (χ2n) is 7.58. The summed E-state index contributed by atoms with van der Waals surface area (Å²) in [7, 11) is 0. The Morgan fingerprint density at radius 2 is 1.93 bits per heavy atom. The zero-order valence-electron chi connectivity index (χ0n) is 15.9. The third-order valence-corrected chi connectivity index (χ3v) is 6.25. The number of carbonyl (C=O) groups is 2. The lowest BCUT2D eigenvalue weighted by Gasteiger charge is -2.16. The van der Waals surface area contributed by atoms with Gasteiger partial charge in [0.05, 0.1) is 5.69 Å². The van der Waals surface area contributed by atoms with Gasteiger partial charge in [0.25, 0.3) is 0 Å². The third-order valence-electron chi connectivity index (χ3n) is 5.36. The number of hydrogen-bond acceptors (Lipinski definition) is 4. The Bertz CT molecular complexity index is 1090. The van der Waals surface area contributed by atoms with E-state index in [1.807, 2.05) is 58.8 Å². The lowest BCUT2D eigenvalue weighted by atomic mass is 10.1. The van der Waals surface area contributed by atoms with Gasteiger partial charge in [0.1, 0.15) is 5.01 Å². The normalized spacial score (nSPS) is 16.3. The van der Waals surface area contributed by atoms with Crippen molar-refractivity contribution in [1.82, 2.24) is 4.98 Å². The molecule has 0 spiro atoms. The van der Waals surface area contributed by atoms with E-state index in [0.717, 1.165) is 59.0 Å².